The second-order valence-electron chi connectivity index (χ2n) is 5.25. The van der Waals surface area contributed by atoms with Crippen LogP contribution in [0.1, 0.15) is 28.8 Å². The van der Waals surface area contributed by atoms with Crippen molar-refractivity contribution in [2.75, 3.05) is 19.6 Å². The minimum absolute atomic E-state index is 0.0758. The van der Waals surface area contributed by atoms with Crippen LogP contribution in [0.15, 0.2) is 24.3 Å². The van der Waals surface area contributed by atoms with Gasteiger partial charge in [0.2, 0.25) is 5.91 Å². The molecule has 0 bridgehead atoms. The molecule has 0 saturated carbocycles. The molecular weight excluding hydrogens is 240 g/mol. The lowest BCUT2D eigenvalue weighted by Gasteiger charge is -2.30. The van der Waals surface area contributed by atoms with Crippen molar-refractivity contribution in [1.82, 2.24) is 4.90 Å². The van der Waals surface area contributed by atoms with Gasteiger partial charge in [0.1, 0.15) is 0 Å². The predicted octanol–water partition coefficient (Wildman–Crippen LogP) is 1.38. The van der Waals surface area contributed by atoms with E-state index in [4.69, 9.17) is 5.73 Å². The summed E-state index contributed by atoms with van der Waals surface area (Å²) in [6.45, 7) is 3.85. The summed E-state index contributed by atoms with van der Waals surface area (Å²) in [4.78, 5) is 25.2. The molecule has 0 atom stereocenters. The summed E-state index contributed by atoms with van der Waals surface area (Å²) in [6.07, 6.45) is 1.61. The van der Waals surface area contributed by atoms with Crippen LogP contribution in [0.2, 0.25) is 0 Å². The Hall–Kier alpha value is -1.68. The number of amides is 1. The quantitative estimate of drug-likeness (QED) is 0.832. The molecule has 1 fully saturated rings. The number of nitrogens with two attached hydrogens (primary N) is 1. The van der Waals surface area contributed by atoms with Crippen molar-refractivity contribution in [2.24, 2.45) is 11.7 Å². The van der Waals surface area contributed by atoms with E-state index < -0.39 is 0 Å². The predicted molar refractivity (Wildman–Crippen MR) is 73.9 cm³/mol. The van der Waals surface area contributed by atoms with Crippen LogP contribution < -0.4 is 5.73 Å². The zero-order valence-corrected chi connectivity index (χ0v) is 11.3. The summed E-state index contributed by atoms with van der Waals surface area (Å²) in [5.74, 6) is -0.00568. The van der Waals surface area contributed by atoms with E-state index in [1.165, 1.54) is 0 Å². The molecule has 19 heavy (non-hydrogen) atoms. The fourth-order valence-corrected chi connectivity index (χ4v) is 2.53. The highest BCUT2D eigenvalue weighted by Gasteiger charge is 2.26. The van der Waals surface area contributed by atoms with Crippen molar-refractivity contribution in [2.45, 2.75) is 19.8 Å². The van der Waals surface area contributed by atoms with Crippen LogP contribution in [0.4, 0.5) is 0 Å². The summed E-state index contributed by atoms with van der Waals surface area (Å²) in [6, 6.07) is 7.73. The van der Waals surface area contributed by atoms with Crippen LogP contribution >= 0.6 is 0 Å². The first-order valence-electron chi connectivity index (χ1n) is 6.68. The van der Waals surface area contributed by atoms with Crippen molar-refractivity contribution in [3.05, 3.63) is 35.4 Å². The van der Waals surface area contributed by atoms with Gasteiger partial charge in [-0.25, -0.2) is 0 Å². The number of nitrogens with zero attached hydrogens (tertiary/aromatic N) is 1. The molecule has 0 spiro atoms. The van der Waals surface area contributed by atoms with Gasteiger partial charge in [0.15, 0.2) is 5.78 Å². The molecule has 4 nitrogen and oxygen atoms in total. The minimum Gasteiger partial charge on any atom is -0.369 e. The van der Waals surface area contributed by atoms with Crippen molar-refractivity contribution < 1.29 is 9.59 Å². The van der Waals surface area contributed by atoms with Crippen LogP contribution in [0.5, 0.6) is 0 Å². The third-order valence-corrected chi connectivity index (χ3v) is 3.67. The Morgan fingerprint density at radius 2 is 1.79 bits per heavy atom. The van der Waals surface area contributed by atoms with Gasteiger partial charge < -0.3 is 5.73 Å². The number of ketones is 1. The number of carbonyl (C=O) groups excluding carboxylic acids is 2. The summed E-state index contributed by atoms with van der Waals surface area (Å²) in [5, 5.41) is 0. The number of Topliss-reactive ketones (excluding diaryl/α,β-unsaturated/α-hetero) is 1. The van der Waals surface area contributed by atoms with Crippen molar-refractivity contribution in [3.63, 3.8) is 0 Å². The van der Waals surface area contributed by atoms with Gasteiger partial charge in [0.05, 0.1) is 6.54 Å². The lowest BCUT2D eigenvalue weighted by molar-refractivity contribution is -0.119. The number of hydrogen-bond acceptors (Lipinski definition) is 3. The molecule has 0 unspecified atom stereocenters. The number of primary amides is 1. The summed E-state index contributed by atoms with van der Waals surface area (Å²) in [5.41, 5.74) is 7.13. The SMILES string of the molecule is Cc1ccc(C(=O)C2CCN(CC(N)=O)CC2)cc1. The molecule has 1 aliphatic rings. The molecule has 102 valence electrons. The van der Waals surface area contributed by atoms with Gasteiger partial charge in [0, 0.05) is 11.5 Å². The first kappa shape index (κ1) is 13.7. The second kappa shape index (κ2) is 5.97. The Balaban J connectivity index is 1.92. The standard InChI is InChI=1S/C15H20N2O2/c1-11-2-4-12(5-3-11)15(19)13-6-8-17(9-7-13)10-14(16)18/h2-5,13H,6-10H2,1H3,(H2,16,18). The van der Waals surface area contributed by atoms with E-state index in [9.17, 15) is 9.59 Å². The largest absolute Gasteiger partial charge is 0.369 e. The first-order valence-corrected chi connectivity index (χ1v) is 6.68. The fourth-order valence-electron chi connectivity index (χ4n) is 2.53. The molecule has 4 heteroatoms. The van der Waals surface area contributed by atoms with E-state index in [1.807, 2.05) is 36.1 Å². The Labute approximate surface area is 113 Å². The Morgan fingerprint density at radius 1 is 1.21 bits per heavy atom. The Kier molecular flexibility index (Phi) is 4.32. The molecule has 2 N–H and O–H groups in total. The van der Waals surface area contributed by atoms with Gasteiger partial charge in [0.25, 0.3) is 0 Å². The number of rotatable bonds is 4. The van der Waals surface area contributed by atoms with E-state index in [2.05, 4.69) is 0 Å². The number of aryl methyl sites for hydroxylation is 1. The molecule has 0 aromatic heterocycles. The zero-order valence-electron chi connectivity index (χ0n) is 11.3. The minimum atomic E-state index is -0.302. The van der Waals surface area contributed by atoms with Crippen LogP contribution in [-0.4, -0.2) is 36.2 Å². The molecule has 1 heterocycles. The molecule has 1 saturated heterocycles. The topological polar surface area (TPSA) is 63.4 Å². The average molecular weight is 260 g/mol. The highest BCUT2D eigenvalue weighted by molar-refractivity contribution is 5.97. The number of likely N-dealkylation sites (tertiary alicyclic amines) is 1. The van der Waals surface area contributed by atoms with E-state index in [1.54, 1.807) is 0 Å². The summed E-state index contributed by atoms with van der Waals surface area (Å²) < 4.78 is 0. The van der Waals surface area contributed by atoms with Gasteiger partial charge in [-0.2, -0.15) is 0 Å². The highest BCUT2D eigenvalue weighted by atomic mass is 16.1. The summed E-state index contributed by atoms with van der Waals surface area (Å²) >= 11 is 0. The maximum atomic E-state index is 12.3. The monoisotopic (exact) mass is 260 g/mol. The average Bonchev–Trinajstić information content (AvgIpc) is 2.39. The second-order valence-corrected chi connectivity index (χ2v) is 5.25. The van der Waals surface area contributed by atoms with Crippen molar-refractivity contribution in [1.29, 1.82) is 0 Å². The number of hydrogen-bond donors (Lipinski definition) is 1. The normalized spacial score (nSPS) is 17.3. The molecule has 1 aliphatic heterocycles. The Bertz CT molecular complexity index is 460. The van der Waals surface area contributed by atoms with E-state index in [-0.39, 0.29) is 17.6 Å². The van der Waals surface area contributed by atoms with Gasteiger partial charge in [-0.3, -0.25) is 14.5 Å². The molecule has 2 rings (SSSR count). The molecule has 0 radical (unpaired) electrons. The number of piperidine rings is 1. The number of carbonyl (C=O) groups is 2. The molecule has 0 aliphatic carbocycles. The molecule has 1 aromatic rings. The lowest BCUT2D eigenvalue weighted by Crippen LogP contribution is -2.41. The highest BCUT2D eigenvalue weighted by Crippen LogP contribution is 2.21. The van der Waals surface area contributed by atoms with E-state index in [0.717, 1.165) is 37.1 Å². The van der Waals surface area contributed by atoms with Crippen LogP contribution in [0.25, 0.3) is 0 Å². The maximum absolute atomic E-state index is 12.3. The summed E-state index contributed by atoms with van der Waals surface area (Å²) in [7, 11) is 0. The van der Waals surface area contributed by atoms with E-state index in [0.29, 0.717) is 6.54 Å². The van der Waals surface area contributed by atoms with Gasteiger partial charge in [-0.15, -0.1) is 0 Å². The number of benzene rings is 1. The van der Waals surface area contributed by atoms with Gasteiger partial charge in [-0.1, -0.05) is 29.8 Å². The van der Waals surface area contributed by atoms with Gasteiger partial charge in [-0.05, 0) is 32.9 Å². The zero-order chi connectivity index (χ0) is 13.8. The van der Waals surface area contributed by atoms with Crippen molar-refractivity contribution in [3.8, 4) is 0 Å². The third kappa shape index (κ3) is 3.64. The molecule has 1 amide bonds. The molecular formula is C15H20N2O2. The van der Waals surface area contributed by atoms with Crippen LogP contribution in [0.3, 0.4) is 0 Å². The maximum Gasteiger partial charge on any atom is 0.231 e. The molecule has 1 aromatic carbocycles. The lowest BCUT2D eigenvalue weighted by atomic mass is 9.88. The van der Waals surface area contributed by atoms with E-state index >= 15 is 0 Å². The first-order chi connectivity index (χ1) is 9.06. The van der Waals surface area contributed by atoms with Crippen molar-refractivity contribution >= 4 is 11.7 Å². The van der Waals surface area contributed by atoms with Gasteiger partial charge >= 0.3 is 0 Å². The third-order valence-electron chi connectivity index (χ3n) is 3.67. The van der Waals surface area contributed by atoms with Crippen LogP contribution in [-0.2, 0) is 4.79 Å². The van der Waals surface area contributed by atoms with Crippen LogP contribution in [0, 0.1) is 12.8 Å². The fraction of sp³-hybridized carbons (Fsp3) is 0.467. The Morgan fingerprint density at radius 3 is 2.32 bits per heavy atom. The smallest absolute Gasteiger partial charge is 0.231 e.